The van der Waals surface area contributed by atoms with E-state index in [9.17, 15) is 5.11 Å². The SMILES string of the molecule is OCc1cccc(C=C2c3ccccc3CCc3ccccc32)c1. The minimum Gasteiger partial charge on any atom is -0.392 e. The average molecular weight is 312 g/mol. The van der Waals surface area contributed by atoms with Gasteiger partial charge in [-0.25, -0.2) is 0 Å². The fourth-order valence-electron chi connectivity index (χ4n) is 3.52. The van der Waals surface area contributed by atoms with Crippen LogP contribution in [0, 0.1) is 0 Å². The van der Waals surface area contributed by atoms with E-state index in [0.29, 0.717) is 0 Å². The molecule has 0 unspecified atom stereocenters. The summed E-state index contributed by atoms with van der Waals surface area (Å²) in [5, 5.41) is 9.41. The van der Waals surface area contributed by atoms with E-state index in [1.807, 2.05) is 12.1 Å². The number of aliphatic hydroxyl groups is 1. The van der Waals surface area contributed by atoms with Crippen LogP contribution in [-0.2, 0) is 19.4 Å². The molecule has 118 valence electrons. The van der Waals surface area contributed by atoms with Crippen LogP contribution in [0.3, 0.4) is 0 Å². The number of fused-ring (bicyclic) bond motifs is 2. The largest absolute Gasteiger partial charge is 0.392 e. The van der Waals surface area contributed by atoms with Gasteiger partial charge < -0.3 is 5.11 Å². The maximum absolute atomic E-state index is 9.41. The first kappa shape index (κ1) is 14.9. The number of benzene rings is 3. The van der Waals surface area contributed by atoms with Gasteiger partial charge in [0.1, 0.15) is 0 Å². The first-order valence-electron chi connectivity index (χ1n) is 8.43. The van der Waals surface area contributed by atoms with E-state index >= 15 is 0 Å². The average Bonchev–Trinajstić information content (AvgIpc) is 2.80. The summed E-state index contributed by atoms with van der Waals surface area (Å²) in [6, 6.07) is 25.5. The molecular formula is C23H20O. The van der Waals surface area contributed by atoms with Gasteiger partial charge >= 0.3 is 0 Å². The zero-order valence-corrected chi connectivity index (χ0v) is 13.6. The molecule has 24 heavy (non-hydrogen) atoms. The van der Waals surface area contributed by atoms with Gasteiger partial charge in [0, 0.05) is 0 Å². The maximum Gasteiger partial charge on any atom is 0.0682 e. The minimum absolute atomic E-state index is 0.0736. The van der Waals surface area contributed by atoms with E-state index in [-0.39, 0.29) is 6.61 Å². The molecule has 0 saturated heterocycles. The number of rotatable bonds is 2. The second-order valence-electron chi connectivity index (χ2n) is 6.28. The molecule has 0 fully saturated rings. The Morgan fingerprint density at radius 3 is 2.00 bits per heavy atom. The van der Waals surface area contributed by atoms with Crippen molar-refractivity contribution in [2.24, 2.45) is 0 Å². The zero-order chi connectivity index (χ0) is 16.4. The predicted molar refractivity (Wildman–Crippen MR) is 99.6 cm³/mol. The first-order valence-corrected chi connectivity index (χ1v) is 8.43. The van der Waals surface area contributed by atoms with E-state index in [4.69, 9.17) is 0 Å². The fourth-order valence-corrected chi connectivity index (χ4v) is 3.52. The van der Waals surface area contributed by atoms with Crippen molar-refractivity contribution in [1.29, 1.82) is 0 Å². The third-order valence-electron chi connectivity index (χ3n) is 4.72. The van der Waals surface area contributed by atoms with Gasteiger partial charge in [-0.05, 0) is 63.9 Å². The third-order valence-corrected chi connectivity index (χ3v) is 4.72. The first-order chi connectivity index (χ1) is 11.8. The molecule has 0 radical (unpaired) electrons. The lowest BCUT2D eigenvalue weighted by molar-refractivity contribution is 0.282. The minimum atomic E-state index is 0.0736. The number of hydrogen-bond acceptors (Lipinski definition) is 1. The molecule has 1 aliphatic carbocycles. The van der Waals surface area contributed by atoms with Crippen LogP contribution in [0.2, 0.25) is 0 Å². The van der Waals surface area contributed by atoms with Crippen LogP contribution in [0.5, 0.6) is 0 Å². The summed E-state index contributed by atoms with van der Waals surface area (Å²) in [5.41, 5.74) is 8.78. The third kappa shape index (κ3) is 2.79. The molecule has 0 amide bonds. The lowest BCUT2D eigenvalue weighted by atomic mass is 9.92. The van der Waals surface area contributed by atoms with Crippen molar-refractivity contribution in [3.05, 3.63) is 106 Å². The summed E-state index contributed by atoms with van der Waals surface area (Å²) in [6.07, 6.45) is 4.39. The molecule has 1 N–H and O–H groups in total. The van der Waals surface area contributed by atoms with Gasteiger partial charge in [-0.1, -0.05) is 66.7 Å². The van der Waals surface area contributed by atoms with Gasteiger partial charge in [0.05, 0.1) is 6.61 Å². The molecular weight excluding hydrogens is 292 g/mol. The highest BCUT2D eigenvalue weighted by Crippen LogP contribution is 2.34. The second-order valence-corrected chi connectivity index (χ2v) is 6.28. The molecule has 0 aliphatic heterocycles. The van der Waals surface area contributed by atoms with Gasteiger partial charge in [-0.2, -0.15) is 0 Å². The van der Waals surface area contributed by atoms with Gasteiger partial charge in [0.15, 0.2) is 0 Å². The summed E-state index contributed by atoms with van der Waals surface area (Å²) in [4.78, 5) is 0. The molecule has 3 aromatic rings. The Bertz CT molecular complexity index is 856. The van der Waals surface area contributed by atoms with Crippen LogP contribution in [0.25, 0.3) is 11.6 Å². The molecule has 4 rings (SSSR count). The highest BCUT2D eigenvalue weighted by Gasteiger charge is 2.17. The summed E-state index contributed by atoms with van der Waals surface area (Å²) < 4.78 is 0. The standard InChI is InChI=1S/C23H20O/c24-16-18-7-5-6-17(14-18)15-23-21-10-3-1-8-19(21)12-13-20-9-2-4-11-22(20)23/h1-11,14-15,24H,12-13,16H2. The Kier molecular flexibility index (Phi) is 4.02. The number of hydrogen-bond donors (Lipinski definition) is 1. The molecule has 0 bridgehead atoms. The van der Waals surface area contributed by atoms with E-state index in [1.54, 1.807) is 0 Å². The van der Waals surface area contributed by atoms with E-state index in [1.165, 1.54) is 27.8 Å². The van der Waals surface area contributed by atoms with Gasteiger partial charge in [-0.15, -0.1) is 0 Å². The highest BCUT2D eigenvalue weighted by molar-refractivity contribution is 5.94. The maximum atomic E-state index is 9.41. The van der Waals surface area contributed by atoms with Gasteiger partial charge in [-0.3, -0.25) is 0 Å². The van der Waals surface area contributed by atoms with Crippen molar-refractivity contribution < 1.29 is 5.11 Å². The Morgan fingerprint density at radius 2 is 1.38 bits per heavy atom. The molecule has 0 atom stereocenters. The van der Waals surface area contributed by atoms with Gasteiger partial charge in [0.2, 0.25) is 0 Å². The molecule has 0 spiro atoms. The monoisotopic (exact) mass is 312 g/mol. The zero-order valence-electron chi connectivity index (χ0n) is 13.6. The summed E-state index contributed by atoms with van der Waals surface area (Å²) in [5.74, 6) is 0. The van der Waals surface area contributed by atoms with Crippen molar-refractivity contribution in [3.8, 4) is 0 Å². The Labute approximate surface area is 142 Å². The van der Waals surface area contributed by atoms with E-state index < -0.39 is 0 Å². The van der Waals surface area contributed by atoms with Crippen molar-refractivity contribution >= 4 is 11.6 Å². The second kappa shape index (κ2) is 6.46. The molecule has 1 aliphatic rings. The fraction of sp³-hybridized carbons (Fsp3) is 0.130. The summed E-state index contributed by atoms with van der Waals surface area (Å²) in [7, 11) is 0. The Hall–Kier alpha value is -2.64. The van der Waals surface area contributed by atoms with Crippen LogP contribution in [0.4, 0.5) is 0 Å². The van der Waals surface area contributed by atoms with E-state index in [2.05, 4.69) is 66.7 Å². The van der Waals surface area contributed by atoms with Crippen molar-refractivity contribution in [3.63, 3.8) is 0 Å². The summed E-state index contributed by atoms with van der Waals surface area (Å²) >= 11 is 0. The topological polar surface area (TPSA) is 20.2 Å². The molecule has 1 heteroatoms. The van der Waals surface area contributed by atoms with Crippen LogP contribution in [-0.4, -0.2) is 5.11 Å². The van der Waals surface area contributed by atoms with Gasteiger partial charge in [0.25, 0.3) is 0 Å². The highest BCUT2D eigenvalue weighted by atomic mass is 16.3. The molecule has 1 nitrogen and oxygen atoms in total. The number of aryl methyl sites for hydroxylation is 2. The van der Waals surface area contributed by atoms with Crippen molar-refractivity contribution in [1.82, 2.24) is 0 Å². The lowest BCUT2D eigenvalue weighted by Gasteiger charge is -2.12. The molecule has 0 aromatic heterocycles. The quantitative estimate of drug-likeness (QED) is 0.716. The number of aliphatic hydroxyl groups excluding tert-OH is 1. The molecule has 0 saturated carbocycles. The smallest absolute Gasteiger partial charge is 0.0682 e. The lowest BCUT2D eigenvalue weighted by Crippen LogP contribution is -1.92. The predicted octanol–water partition coefficient (Wildman–Crippen LogP) is 4.87. The Balaban J connectivity index is 1.94. The molecule has 0 heterocycles. The van der Waals surface area contributed by atoms with E-state index in [0.717, 1.165) is 24.0 Å². The van der Waals surface area contributed by atoms with Crippen molar-refractivity contribution in [2.45, 2.75) is 19.4 Å². The van der Waals surface area contributed by atoms with Crippen LogP contribution < -0.4 is 0 Å². The molecule has 3 aromatic carbocycles. The normalized spacial score (nSPS) is 13.0. The van der Waals surface area contributed by atoms with Crippen LogP contribution in [0.15, 0.2) is 72.8 Å². The van der Waals surface area contributed by atoms with Crippen LogP contribution >= 0.6 is 0 Å². The van der Waals surface area contributed by atoms with Crippen molar-refractivity contribution in [2.75, 3.05) is 0 Å². The Morgan fingerprint density at radius 1 is 0.750 bits per heavy atom. The summed E-state index contributed by atoms with van der Waals surface area (Å²) in [6.45, 7) is 0.0736. The van der Waals surface area contributed by atoms with Crippen LogP contribution in [0.1, 0.15) is 33.4 Å².